The summed E-state index contributed by atoms with van der Waals surface area (Å²) in [5.41, 5.74) is 2.23. The monoisotopic (exact) mass is 444 g/mol. The van der Waals surface area contributed by atoms with Gasteiger partial charge in [-0.15, -0.1) is 0 Å². The zero-order chi connectivity index (χ0) is 23.5. The average molecular weight is 445 g/mol. The molecule has 0 fully saturated rings. The maximum atomic E-state index is 13.7. The number of hydrogen-bond acceptors (Lipinski definition) is 4. The van der Waals surface area contributed by atoms with Crippen LogP contribution in [0.3, 0.4) is 0 Å². The van der Waals surface area contributed by atoms with Gasteiger partial charge in [-0.1, -0.05) is 30.3 Å². The van der Waals surface area contributed by atoms with E-state index in [-0.39, 0.29) is 17.4 Å². The largest absolute Gasteiger partial charge is 0.491 e. The number of anilines is 2. The lowest BCUT2D eigenvalue weighted by atomic mass is 10.0. The van der Waals surface area contributed by atoms with E-state index in [1.807, 2.05) is 56.0 Å². The summed E-state index contributed by atoms with van der Waals surface area (Å²) in [4.78, 5) is 30.3. The second-order valence-corrected chi connectivity index (χ2v) is 7.92. The van der Waals surface area contributed by atoms with Crippen LogP contribution in [0, 0.1) is 5.82 Å². The number of halogens is 1. The second-order valence-electron chi connectivity index (χ2n) is 7.92. The van der Waals surface area contributed by atoms with E-state index in [1.54, 1.807) is 24.3 Å². The number of para-hydroxylation sites is 1. The van der Waals surface area contributed by atoms with Gasteiger partial charge in [-0.2, -0.15) is 0 Å². The first-order chi connectivity index (χ1) is 15.9. The van der Waals surface area contributed by atoms with E-state index in [0.717, 1.165) is 5.69 Å². The summed E-state index contributed by atoms with van der Waals surface area (Å²) in [5, 5.41) is 0. The van der Waals surface area contributed by atoms with Crippen LogP contribution < -0.4 is 14.5 Å². The van der Waals surface area contributed by atoms with Crippen molar-refractivity contribution in [2.45, 2.75) is 26.9 Å². The zero-order valence-corrected chi connectivity index (χ0v) is 18.8. The van der Waals surface area contributed by atoms with Crippen LogP contribution in [0.2, 0.25) is 0 Å². The van der Waals surface area contributed by atoms with Gasteiger partial charge in [0.15, 0.2) is 0 Å². The Labute approximate surface area is 192 Å². The molecule has 1 aliphatic heterocycles. The molecule has 1 aliphatic rings. The fourth-order valence-corrected chi connectivity index (χ4v) is 3.90. The summed E-state index contributed by atoms with van der Waals surface area (Å²) >= 11 is 0. The Morgan fingerprint density at radius 1 is 0.879 bits per heavy atom. The van der Waals surface area contributed by atoms with Crippen molar-refractivity contribution in [1.82, 2.24) is 0 Å². The smallest absolute Gasteiger partial charge is 0.282 e. The number of ether oxygens (including phenoxy) is 1. The highest BCUT2D eigenvalue weighted by atomic mass is 19.1. The third kappa shape index (κ3) is 4.37. The maximum absolute atomic E-state index is 13.7. The summed E-state index contributed by atoms with van der Waals surface area (Å²) in [7, 11) is 0. The third-order valence-electron chi connectivity index (χ3n) is 5.31. The molecule has 3 aromatic rings. The molecule has 6 heteroatoms. The Bertz CT molecular complexity index is 1190. The van der Waals surface area contributed by atoms with E-state index in [9.17, 15) is 14.0 Å². The molecule has 0 radical (unpaired) electrons. The van der Waals surface area contributed by atoms with E-state index in [4.69, 9.17) is 4.74 Å². The summed E-state index contributed by atoms with van der Waals surface area (Å²) in [5.74, 6) is -0.638. The predicted molar refractivity (Wildman–Crippen MR) is 127 cm³/mol. The van der Waals surface area contributed by atoms with Gasteiger partial charge in [-0.3, -0.25) is 9.59 Å². The third-order valence-corrected chi connectivity index (χ3v) is 5.31. The highest BCUT2D eigenvalue weighted by Crippen LogP contribution is 2.37. The number of imide groups is 1. The van der Waals surface area contributed by atoms with Gasteiger partial charge in [0.1, 0.15) is 17.3 Å². The van der Waals surface area contributed by atoms with Crippen LogP contribution in [0.25, 0.3) is 5.57 Å². The fourth-order valence-electron chi connectivity index (χ4n) is 3.90. The van der Waals surface area contributed by atoms with E-state index in [1.165, 1.54) is 29.2 Å². The Hall–Kier alpha value is -3.93. The second kappa shape index (κ2) is 9.28. The number of benzene rings is 3. The molecular weight excluding hydrogens is 419 g/mol. The molecule has 3 aromatic carbocycles. The molecule has 0 aliphatic carbocycles. The normalized spacial score (nSPS) is 13.8. The van der Waals surface area contributed by atoms with Crippen molar-refractivity contribution in [3.63, 3.8) is 0 Å². The molecule has 0 bridgehead atoms. The first-order valence-corrected chi connectivity index (χ1v) is 10.9. The van der Waals surface area contributed by atoms with Crippen molar-refractivity contribution < 1.29 is 18.7 Å². The number of amides is 2. The Morgan fingerprint density at radius 3 is 2.09 bits per heavy atom. The van der Waals surface area contributed by atoms with Crippen LogP contribution in [0.15, 0.2) is 84.6 Å². The number of nitrogens with zero attached hydrogens (tertiary/aromatic N) is 2. The molecule has 0 atom stereocenters. The molecule has 4 rings (SSSR count). The van der Waals surface area contributed by atoms with Gasteiger partial charge in [0.05, 0.1) is 17.4 Å². The molecule has 0 spiro atoms. The van der Waals surface area contributed by atoms with Gasteiger partial charge in [-0.05, 0) is 74.9 Å². The van der Waals surface area contributed by atoms with Crippen molar-refractivity contribution in [2.24, 2.45) is 0 Å². The first-order valence-electron chi connectivity index (χ1n) is 10.9. The van der Waals surface area contributed by atoms with Gasteiger partial charge in [0.2, 0.25) is 0 Å². The molecule has 5 nitrogen and oxygen atoms in total. The van der Waals surface area contributed by atoms with Crippen molar-refractivity contribution in [3.05, 3.63) is 95.9 Å². The van der Waals surface area contributed by atoms with Crippen molar-refractivity contribution in [2.75, 3.05) is 16.3 Å². The molecule has 0 N–H and O–H groups in total. The lowest BCUT2D eigenvalue weighted by Crippen LogP contribution is -2.35. The van der Waals surface area contributed by atoms with Crippen LogP contribution >= 0.6 is 0 Å². The Kier molecular flexibility index (Phi) is 6.27. The van der Waals surface area contributed by atoms with Crippen LogP contribution in [0.5, 0.6) is 5.75 Å². The van der Waals surface area contributed by atoms with E-state index >= 15 is 0 Å². The standard InChI is InChI=1S/C27H25FN2O3/c1-4-29(21-8-6-5-7-9-21)25-24(19-10-12-20(28)13-11-19)26(31)30(27(25)32)22-14-16-23(17-15-22)33-18(2)3/h5-18H,4H2,1-3H3. The molecule has 0 aromatic heterocycles. The Balaban J connectivity index is 1.81. The van der Waals surface area contributed by atoms with Gasteiger partial charge in [0.25, 0.3) is 11.8 Å². The fraction of sp³-hybridized carbons (Fsp3) is 0.185. The van der Waals surface area contributed by atoms with Crippen LogP contribution in [-0.4, -0.2) is 24.5 Å². The molecule has 168 valence electrons. The predicted octanol–water partition coefficient (Wildman–Crippen LogP) is 5.42. The summed E-state index contributed by atoms with van der Waals surface area (Å²) < 4.78 is 19.3. The minimum Gasteiger partial charge on any atom is -0.491 e. The number of carbonyl (C=O) groups is 2. The quantitative estimate of drug-likeness (QED) is 0.457. The first kappa shape index (κ1) is 22.3. The summed E-state index contributed by atoms with van der Waals surface area (Å²) in [6.07, 6.45) is 0.00762. The van der Waals surface area contributed by atoms with Gasteiger partial charge in [0, 0.05) is 12.2 Å². The van der Waals surface area contributed by atoms with Gasteiger partial charge in [-0.25, -0.2) is 9.29 Å². The minimum absolute atomic E-state index is 0.00762. The van der Waals surface area contributed by atoms with Crippen molar-refractivity contribution in [3.8, 4) is 5.75 Å². The highest BCUT2D eigenvalue weighted by molar-refractivity contribution is 6.46. The van der Waals surface area contributed by atoms with E-state index < -0.39 is 17.6 Å². The van der Waals surface area contributed by atoms with Crippen LogP contribution in [0.4, 0.5) is 15.8 Å². The van der Waals surface area contributed by atoms with Crippen LogP contribution in [0.1, 0.15) is 26.3 Å². The average Bonchev–Trinajstić information content (AvgIpc) is 3.06. The number of carbonyl (C=O) groups excluding carboxylic acids is 2. The molecular formula is C27H25FN2O3. The van der Waals surface area contributed by atoms with E-state index in [2.05, 4.69) is 0 Å². The van der Waals surface area contributed by atoms with Crippen LogP contribution in [-0.2, 0) is 9.59 Å². The topological polar surface area (TPSA) is 49.9 Å². The molecule has 33 heavy (non-hydrogen) atoms. The summed E-state index contributed by atoms with van der Waals surface area (Å²) in [6.45, 7) is 6.24. The molecule has 1 heterocycles. The molecule has 2 amide bonds. The lowest BCUT2D eigenvalue weighted by Gasteiger charge is -2.25. The van der Waals surface area contributed by atoms with Crippen molar-refractivity contribution >= 4 is 28.8 Å². The number of likely N-dealkylation sites (N-methyl/N-ethyl adjacent to an activating group) is 1. The Morgan fingerprint density at radius 2 is 1.52 bits per heavy atom. The lowest BCUT2D eigenvalue weighted by molar-refractivity contribution is -0.120. The number of rotatable bonds is 7. The van der Waals surface area contributed by atoms with E-state index in [0.29, 0.717) is 23.5 Å². The SMILES string of the molecule is CCN(C1=C(c2ccc(F)cc2)C(=O)N(c2ccc(OC(C)C)cc2)C1=O)c1ccccc1. The minimum atomic E-state index is -0.450. The summed E-state index contributed by atoms with van der Waals surface area (Å²) in [6, 6.07) is 21.9. The molecule has 0 saturated heterocycles. The maximum Gasteiger partial charge on any atom is 0.282 e. The zero-order valence-electron chi connectivity index (χ0n) is 18.8. The number of hydrogen-bond donors (Lipinski definition) is 0. The molecule has 0 saturated carbocycles. The van der Waals surface area contributed by atoms with Gasteiger partial charge < -0.3 is 9.64 Å². The van der Waals surface area contributed by atoms with Gasteiger partial charge >= 0.3 is 0 Å². The van der Waals surface area contributed by atoms with Crippen molar-refractivity contribution in [1.29, 1.82) is 0 Å². The highest BCUT2D eigenvalue weighted by Gasteiger charge is 2.42. The molecule has 0 unspecified atom stereocenters.